The second-order valence-corrected chi connectivity index (χ2v) is 14.5. The van der Waals surface area contributed by atoms with Gasteiger partial charge in [-0.05, 0) is 104 Å². The molecule has 0 amide bonds. The molecule has 0 aliphatic heterocycles. The van der Waals surface area contributed by atoms with Crippen molar-refractivity contribution in [3.8, 4) is 0 Å². The maximum atomic E-state index is 13.4. The highest BCUT2D eigenvalue weighted by molar-refractivity contribution is 9.09. The highest BCUT2D eigenvalue weighted by Crippen LogP contribution is 2.68. The molecule has 0 aromatic rings. The van der Waals surface area contributed by atoms with Crippen molar-refractivity contribution in [2.45, 2.75) is 117 Å². The van der Waals surface area contributed by atoms with Crippen LogP contribution in [0.4, 0.5) is 0 Å². The predicted octanol–water partition coefficient (Wildman–Crippen LogP) is 8.69. The van der Waals surface area contributed by atoms with Gasteiger partial charge >= 0.3 is 0 Å². The number of fused-ring (bicyclic) bond motifs is 5. The number of carbonyl (C=O) groups is 1. The summed E-state index contributed by atoms with van der Waals surface area (Å²) >= 11 is 3.85. The lowest BCUT2D eigenvalue weighted by atomic mass is 9.44. The fourth-order valence-electron chi connectivity index (χ4n) is 9.66. The van der Waals surface area contributed by atoms with Crippen molar-refractivity contribution in [3.05, 3.63) is 0 Å². The summed E-state index contributed by atoms with van der Waals surface area (Å²) in [7, 11) is 0. The molecule has 0 heterocycles. The minimum absolute atomic E-state index is 0.279. The zero-order valence-corrected chi connectivity index (χ0v) is 22.8. The summed E-state index contributed by atoms with van der Waals surface area (Å²) in [6.07, 6.45) is 14.3. The van der Waals surface area contributed by atoms with Gasteiger partial charge in [0.2, 0.25) is 0 Å². The first kappa shape index (κ1) is 24.3. The second kappa shape index (κ2) is 9.07. The van der Waals surface area contributed by atoms with Crippen LogP contribution in [-0.2, 0) is 4.79 Å². The smallest absolute Gasteiger partial charge is 0.136 e. The van der Waals surface area contributed by atoms with Crippen molar-refractivity contribution in [1.29, 1.82) is 0 Å². The number of carbonyl (C=O) groups excluding carboxylic acids is 1. The molecule has 0 saturated heterocycles. The maximum absolute atomic E-state index is 13.4. The first-order valence-corrected chi connectivity index (χ1v) is 14.7. The van der Waals surface area contributed by atoms with E-state index in [0.29, 0.717) is 27.9 Å². The highest BCUT2D eigenvalue weighted by atomic mass is 79.9. The van der Waals surface area contributed by atoms with E-state index in [4.69, 9.17) is 0 Å². The first-order valence-electron chi connectivity index (χ1n) is 13.8. The zero-order valence-electron chi connectivity index (χ0n) is 21.3. The monoisotopic (exact) mass is 492 g/mol. The lowest BCUT2D eigenvalue weighted by molar-refractivity contribution is -0.154. The molecule has 0 aromatic heterocycles. The summed E-state index contributed by atoms with van der Waals surface area (Å²) in [5.41, 5.74) is 0.761. The Hall–Kier alpha value is 0.150. The fraction of sp³-hybridized carbons (Fsp3) is 0.966. The van der Waals surface area contributed by atoms with Crippen molar-refractivity contribution in [1.82, 2.24) is 0 Å². The summed E-state index contributed by atoms with van der Waals surface area (Å²) in [5, 5.41) is 0. The molecule has 0 unspecified atom stereocenters. The summed E-state index contributed by atoms with van der Waals surface area (Å²) in [6.45, 7) is 14.9. The maximum Gasteiger partial charge on any atom is 0.136 e. The normalized spacial score (nSPS) is 46.9. The average Bonchev–Trinajstić information content (AvgIpc) is 3.07. The Morgan fingerprint density at radius 2 is 1.65 bits per heavy atom. The Balaban J connectivity index is 1.49. The van der Waals surface area contributed by atoms with E-state index in [1.165, 1.54) is 57.8 Å². The zero-order chi connectivity index (χ0) is 22.6. The molecule has 4 fully saturated rings. The molecule has 4 aliphatic carbocycles. The average molecular weight is 494 g/mol. The van der Waals surface area contributed by atoms with E-state index in [1.807, 2.05) is 0 Å². The number of Topliss-reactive ketones (excluding diaryl/α,β-unsaturated/α-hetero) is 1. The van der Waals surface area contributed by atoms with Gasteiger partial charge in [-0.25, -0.2) is 0 Å². The molecular formula is C29H49BrO. The molecule has 0 bridgehead atoms. The summed E-state index contributed by atoms with van der Waals surface area (Å²) < 4.78 is 0. The summed E-state index contributed by atoms with van der Waals surface area (Å²) in [4.78, 5) is 14.0. The van der Waals surface area contributed by atoms with Gasteiger partial charge in [-0.3, -0.25) is 4.79 Å². The van der Waals surface area contributed by atoms with Crippen molar-refractivity contribution in [3.63, 3.8) is 0 Å². The van der Waals surface area contributed by atoms with Crippen LogP contribution in [0.3, 0.4) is 0 Å². The van der Waals surface area contributed by atoms with Gasteiger partial charge in [-0.2, -0.15) is 0 Å². The van der Waals surface area contributed by atoms with E-state index in [-0.39, 0.29) is 5.41 Å². The fourth-order valence-corrected chi connectivity index (χ4v) is 10.3. The molecule has 2 heteroatoms. The Bertz CT molecular complexity index is 657. The molecule has 10 atom stereocenters. The lowest BCUT2D eigenvalue weighted by Crippen LogP contribution is -2.56. The largest absolute Gasteiger partial charge is 0.299 e. The van der Waals surface area contributed by atoms with E-state index in [2.05, 4.69) is 57.5 Å². The molecule has 4 rings (SSSR count). The minimum atomic E-state index is 0.279. The first-order chi connectivity index (χ1) is 14.6. The molecule has 31 heavy (non-hydrogen) atoms. The SMILES string of the molecule is CC[C@@H](CC[C@@H](C)[C@H]1CC[C@H]2[C@H]3CC(=O)[C@H]4C[C@@H](Br)CC[C@]4(C)[C@@H]3CC[C@]12C)C(C)C. The third-order valence-electron chi connectivity index (χ3n) is 11.6. The number of alkyl halides is 1. The van der Waals surface area contributed by atoms with E-state index >= 15 is 0 Å². The van der Waals surface area contributed by atoms with Crippen LogP contribution in [-0.4, -0.2) is 10.6 Å². The van der Waals surface area contributed by atoms with Crippen molar-refractivity contribution in [2.24, 2.45) is 58.2 Å². The van der Waals surface area contributed by atoms with Gasteiger partial charge < -0.3 is 0 Å². The van der Waals surface area contributed by atoms with Gasteiger partial charge in [0.1, 0.15) is 5.78 Å². The lowest BCUT2D eigenvalue weighted by Gasteiger charge is -2.60. The van der Waals surface area contributed by atoms with Gasteiger partial charge in [0.05, 0.1) is 0 Å². The topological polar surface area (TPSA) is 17.1 Å². The number of hydrogen-bond donors (Lipinski definition) is 0. The van der Waals surface area contributed by atoms with Crippen molar-refractivity contribution < 1.29 is 4.79 Å². The number of halogens is 1. The van der Waals surface area contributed by atoms with Crippen LogP contribution < -0.4 is 0 Å². The van der Waals surface area contributed by atoms with E-state index < -0.39 is 0 Å². The Labute approximate surface area is 201 Å². The van der Waals surface area contributed by atoms with Crippen LogP contribution in [0, 0.1) is 58.2 Å². The van der Waals surface area contributed by atoms with E-state index in [1.54, 1.807) is 0 Å². The summed E-state index contributed by atoms with van der Waals surface area (Å²) in [6, 6.07) is 0. The van der Waals surface area contributed by atoms with Crippen LogP contribution >= 0.6 is 15.9 Å². The van der Waals surface area contributed by atoms with Crippen LogP contribution in [0.15, 0.2) is 0 Å². The van der Waals surface area contributed by atoms with E-state index in [0.717, 1.165) is 48.3 Å². The van der Waals surface area contributed by atoms with Gasteiger partial charge in [0.25, 0.3) is 0 Å². The Kier molecular flexibility index (Phi) is 7.10. The highest BCUT2D eigenvalue weighted by Gasteiger charge is 2.62. The predicted molar refractivity (Wildman–Crippen MR) is 135 cm³/mol. The standard InChI is InChI=1S/C29H49BrO/c1-7-20(18(2)3)9-8-19(4)23-10-11-24-22-17-27(31)26-16-21(30)12-14-29(26,6)25(22)13-15-28(23,24)5/h18-26H,7-17H2,1-6H3/t19-,20+,21+,22-,23-,24+,25-,26-,28-,29-/m1/s1. The third-order valence-corrected chi connectivity index (χ3v) is 12.4. The minimum Gasteiger partial charge on any atom is -0.299 e. The van der Waals surface area contributed by atoms with Crippen LogP contribution in [0.2, 0.25) is 0 Å². The molecular weight excluding hydrogens is 444 g/mol. The van der Waals surface area contributed by atoms with Gasteiger partial charge in [0.15, 0.2) is 0 Å². The van der Waals surface area contributed by atoms with Crippen molar-refractivity contribution >= 4 is 21.7 Å². The van der Waals surface area contributed by atoms with Gasteiger partial charge in [-0.15, -0.1) is 0 Å². The molecule has 4 aliphatic rings. The quantitative estimate of drug-likeness (QED) is 0.338. The third kappa shape index (κ3) is 4.12. The molecule has 4 saturated carbocycles. The molecule has 0 spiro atoms. The van der Waals surface area contributed by atoms with Crippen molar-refractivity contribution in [2.75, 3.05) is 0 Å². The van der Waals surface area contributed by atoms with Crippen LogP contribution in [0.5, 0.6) is 0 Å². The van der Waals surface area contributed by atoms with Gasteiger partial charge in [-0.1, -0.05) is 70.3 Å². The second-order valence-electron chi connectivity index (χ2n) is 13.2. The number of rotatable bonds is 6. The Morgan fingerprint density at radius 1 is 0.968 bits per heavy atom. The summed E-state index contributed by atoms with van der Waals surface area (Å²) in [5.74, 6) is 6.65. The number of hydrogen-bond acceptors (Lipinski definition) is 1. The molecule has 0 radical (unpaired) electrons. The Morgan fingerprint density at radius 3 is 2.32 bits per heavy atom. The molecule has 178 valence electrons. The number of ketones is 1. The molecule has 1 nitrogen and oxygen atoms in total. The van der Waals surface area contributed by atoms with E-state index in [9.17, 15) is 4.79 Å². The van der Waals surface area contributed by atoms with Crippen LogP contribution in [0.1, 0.15) is 112 Å². The van der Waals surface area contributed by atoms with Gasteiger partial charge in [0, 0.05) is 17.2 Å². The van der Waals surface area contributed by atoms with Crippen LogP contribution in [0.25, 0.3) is 0 Å². The molecule has 0 aromatic carbocycles. The molecule has 0 N–H and O–H groups in total.